The zero-order valence-corrected chi connectivity index (χ0v) is 10.8. The number of aliphatic hydroxyl groups is 3. The van der Waals surface area contributed by atoms with Crippen molar-refractivity contribution >= 4 is 5.82 Å². The summed E-state index contributed by atoms with van der Waals surface area (Å²) in [5.74, 6) is -0.502. The van der Waals surface area contributed by atoms with Crippen LogP contribution in [0.5, 0.6) is 0 Å². The maximum Gasteiger partial charge on any atom is 0.214 e. The number of aliphatic hydroxyl groups excluding tert-OH is 3. The Bertz CT molecular complexity index is 448. The van der Waals surface area contributed by atoms with Crippen molar-refractivity contribution in [3.05, 3.63) is 24.1 Å². The van der Waals surface area contributed by atoms with E-state index in [0.717, 1.165) is 0 Å². The van der Waals surface area contributed by atoms with Crippen molar-refractivity contribution in [1.82, 2.24) is 4.98 Å². The first-order valence-electron chi connectivity index (χ1n) is 6.11. The lowest BCUT2D eigenvalue weighted by molar-refractivity contribution is -0.254. The number of ether oxygens (including phenoxy) is 2. The Morgan fingerprint density at radius 2 is 2.15 bits per heavy atom. The summed E-state index contributed by atoms with van der Waals surface area (Å²) in [6.45, 7) is -0.455. The van der Waals surface area contributed by atoms with Gasteiger partial charge in [-0.1, -0.05) is 6.07 Å². The molecule has 0 spiro atoms. The zero-order valence-electron chi connectivity index (χ0n) is 10.8. The third kappa shape index (κ3) is 3.05. The van der Waals surface area contributed by atoms with Gasteiger partial charge in [-0.05, 0) is 12.1 Å². The summed E-state index contributed by atoms with van der Waals surface area (Å²) in [6.07, 6.45) is -4.43. The van der Waals surface area contributed by atoms with E-state index in [9.17, 15) is 14.6 Å². The zero-order chi connectivity index (χ0) is 14.7. The molecular weight excluding hydrogens is 271 g/mol. The Labute approximate surface area is 115 Å². The molecule has 20 heavy (non-hydrogen) atoms. The van der Waals surface area contributed by atoms with Crippen molar-refractivity contribution in [3.63, 3.8) is 0 Å². The number of hydrogen-bond acceptors (Lipinski definition) is 7. The molecule has 0 saturated carbocycles. The van der Waals surface area contributed by atoms with Gasteiger partial charge >= 0.3 is 0 Å². The highest BCUT2D eigenvalue weighted by Gasteiger charge is 2.44. The number of pyridine rings is 1. The largest absolute Gasteiger partial charge is 0.394 e. The van der Waals surface area contributed by atoms with Gasteiger partial charge in [0, 0.05) is 7.11 Å². The number of nitrogens with zero attached hydrogens (tertiary/aromatic N) is 1. The first kappa shape index (κ1) is 15.1. The summed E-state index contributed by atoms with van der Waals surface area (Å²) in [5, 5.41) is 31.7. The average Bonchev–Trinajstić information content (AvgIpc) is 2.44. The molecule has 7 nitrogen and oxygen atoms in total. The topological polar surface area (TPSA) is 104 Å². The second-order valence-electron chi connectivity index (χ2n) is 4.46. The van der Waals surface area contributed by atoms with Crippen LogP contribution in [0.1, 0.15) is 0 Å². The molecule has 0 radical (unpaired) electrons. The molecule has 5 atom stereocenters. The van der Waals surface area contributed by atoms with Crippen LogP contribution in [0.3, 0.4) is 0 Å². The summed E-state index contributed by atoms with van der Waals surface area (Å²) in [7, 11) is 1.36. The van der Waals surface area contributed by atoms with Crippen LogP contribution in [0.4, 0.5) is 10.2 Å². The molecule has 0 amide bonds. The van der Waals surface area contributed by atoms with E-state index in [1.165, 1.54) is 25.3 Å². The summed E-state index contributed by atoms with van der Waals surface area (Å²) < 4.78 is 23.4. The Kier molecular flexibility index (Phi) is 4.84. The molecule has 0 bridgehead atoms. The molecule has 4 N–H and O–H groups in total. The molecule has 1 aromatic heterocycles. The van der Waals surface area contributed by atoms with Crippen LogP contribution >= 0.6 is 0 Å². The SMILES string of the molecule is CO[C@@H]1O[C@H](CO)[C@H](O)[C@H](O)C1Nc1cccc(F)n1. The quantitative estimate of drug-likeness (QED) is 0.532. The predicted octanol–water partition coefficient (Wildman–Crippen LogP) is -0.913. The van der Waals surface area contributed by atoms with Gasteiger partial charge in [-0.15, -0.1) is 0 Å². The van der Waals surface area contributed by atoms with Crippen molar-refractivity contribution < 1.29 is 29.2 Å². The van der Waals surface area contributed by atoms with Crippen molar-refractivity contribution in [2.24, 2.45) is 0 Å². The number of nitrogens with one attached hydrogen (secondary N) is 1. The normalized spacial score (nSPS) is 34.0. The van der Waals surface area contributed by atoms with E-state index in [0.29, 0.717) is 0 Å². The summed E-state index contributed by atoms with van der Waals surface area (Å²) in [4.78, 5) is 3.60. The van der Waals surface area contributed by atoms with Crippen LogP contribution < -0.4 is 5.32 Å². The van der Waals surface area contributed by atoms with E-state index in [2.05, 4.69) is 10.3 Å². The Hall–Kier alpha value is -1.32. The molecule has 8 heteroatoms. The molecule has 1 aliphatic rings. The average molecular weight is 288 g/mol. The number of hydrogen-bond donors (Lipinski definition) is 4. The van der Waals surface area contributed by atoms with Crippen LogP contribution in [0.2, 0.25) is 0 Å². The van der Waals surface area contributed by atoms with Gasteiger partial charge in [0.2, 0.25) is 5.95 Å². The van der Waals surface area contributed by atoms with Gasteiger partial charge < -0.3 is 30.1 Å². The van der Waals surface area contributed by atoms with Gasteiger partial charge in [-0.3, -0.25) is 0 Å². The standard InChI is InChI=1S/C12H17FN2O5/c1-19-12-9(11(18)10(17)6(5-16)20-12)15-8-4-2-3-7(13)14-8/h2-4,6,9-12,16-18H,5H2,1H3,(H,14,15)/t6-,9?,10+,11-,12-/m1/s1. The minimum absolute atomic E-state index is 0.175. The van der Waals surface area contributed by atoms with Gasteiger partial charge in [0.05, 0.1) is 6.61 Å². The monoisotopic (exact) mass is 288 g/mol. The van der Waals surface area contributed by atoms with Crippen LogP contribution in [0.15, 0.2) is 18.2 Å². The molecule has 1 fully saturated rings. The molecule has 2 rings (SSSR count). The minimum Gasteiger partial charge on any atom is -0.394 e. The smallest absolute Gasteiger partial charge is 0.214 e. The van der Waals surface area contributed by atoms with E-state index >= 15 is 0 Å². The first-order chi connectivity index (χ1) is 9.56. The Balaban J connectivity index is 2.15. The van der Waals surface area contributed by atoms with Crippen LogP contribution in [0.25, 0.3) is 0 Å². The number of halogens is 1. The molecular formula is C12H17FN2O5. The maximum atomic E-state index is 13.0. The lowest BCUT2D eigenvalue weighted by Gasteiger charge is -2.41. The van der Waals surface area contributed by atoms with E-state index in [4.69, 9.17) is 14.6 Å². The number of rotatable bonds is 4. The first-order valence-corrected chi connectivity index (χ1v) is 6.11. The Morgan fingerprint density at radius 1 is 1.40 bits per heavy atom. The molecule has 1 unspecified atom stereocenters. The van der Waals surface area contributed by atoms with E-state index in [1.807, 2.05) is 0 Å². The fourth-order valence-corrected chi connectivity index (χ4v) is 2.10. The summed E-state index contributed by atoms with van der Waals surface area (Å²) >= 11 is 0. The van der Waals surface area contributed by atoms with Gasteiger partial charge in [-0.2, -0.15) is 4.39 Å². The lowest BCUT2D eigenvalue weighted by Crippen LogP contribution is -2.61. The highest BCUT2D eigenvalue weighted by atomic mass is 19.1. The number of methoxy groups -OCH3 is 1. The number of aromatic nitrogens is 1. The molecule has 1 saturated heterocycles. The lowest BCUT2D eigenvalue weighted by atomic mass is 9.97. The molecule has 112 valence electrons. The molecule has 2 heterocycles. The van der Waals surface area contributed by atoms with Crippen LogP contribution in [0, 0.1) is 5.95 Å². The van der Waals surface area contributed by atoms with E-state index < -0.39 is 43.2 Å². The second kappa shape index (κ2) is 6.42. The third-order valence-corrected chi connectivity index (χ3v) is 3.14. The molecule has 1 aromatic rings. The predicted molar refractivity (Wildman–Crippen MR) is 66.4 cm³/mol. The highest BCUT2D eigenvalue weighted by Crippen LogP contribution is 2.24. The summed E-state index contributed by atoms with van der Waals surface area (Å²) in [6, 6.07) is 3.29. The van der Waals surface area contributed by atoms with Gasteiger partial charge in [0.25, 0.3) is 0 Å². The van der Waals surface area contributed by atoms with Crippen molar-refractivity contribution in [2.45, 2.75) is 30.6 Å². The van der Waals surface area contributed by atoms with Gasteiger partial charge in [0.1, 0.15) is 30.2 Å². The van der Waals surface area contributed by atoms with E-state index in [-0.39, 0.29) is 5.82 Å². The second-order valence-corrected chi connectivity index (χ2v) is 4.46. The van der Waals surface area contributed by atoms with Gasteiger partial charge in [-0.25, -0.2) is 4.98 Å². The molecule has 1 aliphatic heterocycles. The van der Waals surface area contributed by atoms with Crippen molar-refractivity contribution in [3.8, 4) is 0 Å². The third-order valence-electron chi connectivity index (χ3n) is 3.14. The molecule has 0 aliphatic carbocycles. The summed E-state index contributed by atoms with van der Waals surface area (Å²) in [5.41, 5.74) is 0. The Morgan fingerprint density at radius 3 is 2.75 bits per heavy atom. The fourth-order valence-electron chi connectivity index (χ4n) is 2.10. The fraction of sp³-hybridized carbons (Fsp3) is 0.583. The van der Waals surface area contributed by atoms with Gasteiger partial charge in [0.15, 0.2) is 6.29 Å². The van der Waals surface area contributed by atoms with Crippen LogP contribution in [-0.2, 0) is 9.47 Å². The molecule has 0 aromatic carbocycles. The van der Waals surface area contributed by atoms with Crippen molar-refractivity contribution in [2.75, 3.05) is 19.0 Å². The minimum atomic E-state index is -1.29. The number of anilines is 1. The van der Waals surface area contributed by atoms with Crippen molar-refractivity contribution in [1.29, 1.82) is 0 Å². The maximum absolute atomic E-state index is 13.0. The van der Waals surface area contributed by atoms with E-state index in [1.54, 1.807) is 0 Å². The highest BCUT2D eigenvalue weighted by molar-refractivity contribution is 5.36. The van der Waals surface area contributed by atoms with Crippen LogP contribution in [-0.4, -0.2) is 64.7 Å².